The lowest BCUT2D eigenvalue weighted by molar-refractivity contribution is -0.260. The summed E-state index contributed by atoms with van der Waals surface area (Å²) in [5, 5.41) is 1.66. The predicted molar refractivity (Wildman–Crippen MR) is 50.3 cm³/mol. The van der Waals surface area contributed by atoms with Crippen molar-refractivity contribution in [3.8, 4) is 0 Å². The molecule has 1 aromatic heterocycles. The van der Waals surface area contributed by atoms with Gasteiger partial charge in [0.25, 0.3) is 5.72 Å². The van der Waals surface area contributed by atoms with Gasteiger partial charge in [0.05, 0.1) is 0 Å². The van der Waals surface area contributed by atoms with Crippen LogP contribution in [0.1, 0.15) is 6.92 Å². The van der Waals surface area contributed by atoms with Crippen molar-refractivity contribution < 1.29 is 17.9 Å². The Kier molecular flexibility index (Phi) is 3.25. The van der Waals surface area contributed by atoms with Gasteiger partial charge in [-0.15, -0.1) is 11.3 Å². The summed E-state index contributed by atoms with van der Waals surface area (Å²) in [6.45, 7) is 0.896. The molecule has 0 aliphatic heterocycles. The van der Waals surface area contributed by atoms with Gasteiger partial charge >= 0.3 is 6.18 Å². The summed E-state index contributed by atoms with van der Waals surface area (Å²) < 4.78 is 43.8. The highest BCUT2D eigenvalue weighted by molar-refractivity contribution is 7.07. The first-order chi connectivity index (χ1) is 6.80. The topological polar surface area (TPSA) is 26.5 Å². The number of aromatic nitrogens is 1. The molecular weight excluding hydrogens is 229 g/mol. The molecule has 0 spiro atoms. The Morgan fingerprint density at radius 1 is 1.47 bits per heavy atom. The molecule has 1 heterocycles. The molecule has 86 valence electrons. The standard InChI is InChI=1S/C8H11F3N2OS/c1-7(14-3,8(9,10)11)12-6-13(2)4-5-15-6/h4-5H,1-3H3/b12-6+. The van der Waals surface area contributed by atoms with Gasteiger partial charge in [-0.2, -0.15) is 13.2 Å². The van der Waals surface area contributed by atoms with Crippen LogP contribution in [0.3, 0.4) is 0 Å². The zero-order valence-corrected chi connectivity index (χ0v) is 9.32. The molecule has 3 nitrogen and oxygen atoms in total. The van der Waals surface area contributed by atoms with E-state index in [9.17, 15) is 13.2 Å². The van der Waals surface area contributed by atoms with Crippen molar-refractivity contribution in [2.75, 3.05) is 7.11 Å². The molecule has 0 aliphatic carbocycles. The van der Waals surface area contributed by atoms with Gasteiger partial charge in [-0.3, -0.25) is 0 Å². The molecule has 0 amide bonds. The Balaban J connectivity index is 3.22. The smallest absolute Gasteiger partial charge is 0.350 e. The van der Waals surface area contributed by atoms with E-state index in [4.69, 9.17) is 0 Å². The van der Waals surface area contributed by atoms with Crippen LogP contribution in [0.25, 0.3) is 0 Å². The summed E-state index contributed by atoms with van der Waals surface area (Å²) in [7, 11) is 2.62. The van der Waals surface area contributed by atoms with Gasteiger partial charge in [-0.1, -0.05) is 0 Å². The van der Waals surface area contributed by atoms with Crippen LogP contribution >= 0.6 is 11.3 Å². The number of ether oxygens (including phenoxy) is 1. The summed E-state index contributed by atoms with van der Waals surface area (Å²) in [4.78, 5) is 3.83. The molecule has 0 bridgehead atoms. The van der Waals surface area contributed by atoms with Gasteiger partial charge in [0, 0.05) is 25.7 Å². The Bertz CT molecular complexity index is 395. The Morgan fingerprint density at radius 2 is 2.07 bits per heavy atom. The minimum atomic E-state index is -4.53. The quantitative estimate of drug-likeness (QED) is 0.775. The number of hydrogen-bond acceptors (Lipinski definition) is 3. The van der Waals surface area contributed by atoms with Crippen LogP contribution in [0.5, 0.6) is 0 Å². The number of halogens is 3. The van der Waals surface area contributed by atoms with Gasteiger partial charge in [-0.25, -0.2) is 4.99 Å². The number of nitrogens with zero attached hydrogens (tertiary/aromatic N) is 2. The largest absolute Gasteiger partial charge is 0.438 e. The summed E-state index contributed by atoms with van der Waals surface area (Å²) in [5.41, 5.74) is -2.49. The summed E-state index contributed by atoms with van der Waals surface area (Å²) >= 11 is 1.12. The summed E-state index contributed by atoms with van der Waals surface area (Å²) in [6.07, 6.45) is -2.89. The van der Waals surface area contributed by atoms with E-state index in [-0.39, 0.29) is 4.80 Å². The minimum Gasteiger partial charge on any atom is -0.350 e. The van der Waals surface area contributed by atoms with Gasteiger partial charge in [0.15, 0.2) is 4.80 Å². The Hall–Kier alpha value is -0.820. The third-order valence-corrected chi connectivity index (χ3v) is 2.84. The molecule has 15 heavy (non-hydrogen) atoms. The lowest BCUT2D eigenvalue weighted by Crippen LogP contribution is -2.44. The molecular formula is C8H11F3N2OS. The first-order valence-electron chi connectivity index (χ1n) is 4.08. The molecule has 0 aromatic carbocycles. The second kappa shape index (κ2) is 3.97. The fourth-order valence-corrected chi connectivity index (χ4v) is 1.66. The van der Waals surface area contributed by atoms with Gasteiger partial charge in [0.2, 0.25) is 0 Å². The SMILES string of the molecule is COC(C)(/N=c1/sccn1C)C(F)(F)F. The Labute approximate surface area is 88.8 Å². The number of aryl methyl sites for hydroxylation is 1. The van der Waals surface area contributed by atoms with E-state index in [1.807, 2.05) is 0 Å². The molecule has 0 N–H and O–H groups in total. The number of rotatable bonds is 2. The zero-order valence-electron chi connectivity index (χ0n) is 8.50. The molecule has 1 unspecified atom stereocenters. The van der Waals surface area contributed by atoms with Crippen LogP contribution in [0, 0.1) is 0 Å². The van der Waals surface area contributed by atoms with Crippen molar-refractivity contribution in [3.63, 3.8) is 0 Å². The fourth-order valence-electron chi connectivity index (χ4n) is 0.842. The molecule has 0 saturated carbocycles. The van der Waals surface area contributed by atoms with Gasteiger partial charge < -0.3 is 9.30 Å². The number of alkyl halides is 3. The van der Waals surface area contributed by atoms with E-state index in [0.717, 1.165) is 25.4 Å². The first kappa shape index (κ1) is 12.3. The molecule has 1 atom stereocenters. The lowest BCUT2D eigenvalue weighted by atomic mass is 10.3. The van der Waals surface area contributed by atoms with Gasteiger partial charge in [-0.05, 0) is 6.92 Å². The number of methoxy groups -OCH3 is 1. The molecule has 0 fully saturated rings. The highest BCUT2D eigenvalue weighted by Crippen LogP contribution is 2.33. The van der Waals surface area contributed by atoms with E-state index >= 15 is 0 Å². The summed E-state index contributed by atoms with van der Waals surface area (Å²) in [6, 6.07) is 0. The highest BCUT2D eigenvalue weighted by Gasteiger charge is 2.52. The van der Waals surface area contributed by atoms with Crippen molar-refractivity contribution in [3.05, 3.63) is 16.4 Å². The van der Waals surface area contributed by atoms with E-state index in [1.54, 1.807) is 18.6 Å². The van der Waals surface area contributed by atoms with Crippen LogP contribution in [0.4, 0.5) is 13.2 Å². The molecule has 1 rings (SSSR count). The average molecular weight is 240 g/mol. The zero-order chi connectivity index (χ0) is 11.7. The third-order valence-electron chi connectivity index (χ3n) is 1.99. The van der Waals surface area contributed by atoms with Crippen LogP contribution in [-0.4, -0.2) is 23.6 Å². The van der Waals surface area contributed by atoms with Gasteiger partial charge in [0.1, 0.15) is 0 Å². The number of thiazole rings is 1. The maximum absolute atomic E-state index is 12.6. The monoisotopic (exact) mass is 240 g/mol. The molecule has 7 heteroatoms. The van der Waals surface area contributed by atoms with Crippen LogP contribution in [0.15, 0.2) is 16.6 Å². The molecule has 1 aromatic rings. The maximum atomic E-state index is 12.6. The van der Waals surface area contributed by atoms with E-state index in [0.29, 0.717) is 0 Å². The fraction of sp³-hybridized carbons (Fsp3) is 0.625. The van der Waals surface area contributed by atoms with Crippen molar-refractivity contribution >= 4 is 11.3 Å². The van der Waals surface area contributed by atoms with Crippen molar-refractivity contribution in [2.24, 2.45) is 12.0 Å². The molecule has 0 saturated heterocycles. The van der Waals surface area contributed by atoms with Crippen molar-refractivity contribution in [2.45, 2.75) is 18.8 Å². The second-order valence-corrected chi connectivity index (χ2v) is 3.97. The van der Waals surface area contributed by atoms with Crippen LogP contribution in [0.2, 0.25) is 0 Å². The third kappa shape index (κ3) is 2.40. The number of hydrogen-bond donors (Lipinski definition) is 0. The van der Waals surface area contributed by atoms with Crippen molar-refractivity contribution in [1.29, 1.82) is 0 Å². The maximum Gasteiger partial charge on any atom is 0.438 e. The van der Waals surface area contributed by atoms with Crippen LogP contribution < -0.4 is 4.80 Å². The van der Waals surface area contributed by atoms with Crippen molar-refractivity contribution in [1.82, 2.24) is 4.57 Å². The second-order valence-electron chi connectivity index (χ2n) is 3.09. The average Bonchev–Trinajstić information content (AvgIpc) is 2.50. The Morgan fingerprint density at radius 3 is 2.40 bits per heavy atom. The molecule has 0 radical (unpaired) electrons. The van der Waals surface area contributed by atoms with E-state index < -0.39 is 11.9 Å². The first-order valence-corrected chi connectivity index (χ1v) is 4.96. The lowest BCUT2D eigenvalue weighted by Gasteiger charge is -2.25. The summed E-state index contributed by atoms with van der Waals surface area (Å²) in [5.74, 6) is 0. The molecule has 0 aliphatic rings. The normalized spacial score (nSPS) is 17.9. The van der Waals surface area contributed by atoms with Crippen LogP contribution in [-0.2, 0) is 11.8 Å². The highest BCUT2D eigenvalue weighted by atomic mass is 32.1. The predicted octanol–water partition coefficient (Wildman–Crippen LogP) is 1.91. The van der Waals surface area contributed by atoms with E-state index in [1.165, 1.54) is 4.57 Å². The van der Waals surface area contributed by atoms with E-state index in [2.05, 4.69) is 9.73 Å². The minimum absolute atomic E-state index is 0.261.